The van der Waals surface area contributed by atoms with Gasteiger partial charge in [0.15, 0.2) is 5.57 Å². The molecule has 3 aromatic rings. The summed E-state index contributed by atoms with van der Waals surface area (Å²) in [6, 6.07) is 7.53. The number of nitrogens with zero attached hydrogens (tertiary/aromatic N) is 4. The lowest BCUT2D eigenvalue weighted by molar-refractivity contribution is -0.135. The number of nitrogens with one attached hydrogen (secondary N) is 2. The van der Waals surface area contributed by atoms with Crippen LogP contribution in [-0.2, 0) is 24.8 Å². The third kappa shape index (κ3) is 6.65. The number of benzene rings is 1. The Hall–Kier alpha value is -3.56. The summed E-state index contributed by atoms with van der Waals surface area (Å²) in [6.07, 6.45) is -0.115. The fourth-order valence-corrected chi connectivity index (χ4v) is 5.27. The van der Waals surface area contributed by atoms with E-state index >= 15 is 0 Å². The molecule has 1 amide bonds. The van der Waals surface area contributed by atoms with Gasteiger partial charge < -0.3 is 20.1 Å². The topological polar surface area (TPSA) is 95.1 Å². The van der Waals surface area contributed by atoms with E-state index in [9.17, 15) is 28.0 Å². The van der Waals surface area contributed by atoms with Crippen LogP contribution in [0.5, 0.6) is 0 Å². The largest absolute Gasteiger partial charge is 0.405 e. The normalized spacial score (nSPS) is 13.2. The van der Waals surface area contributed by atoms with Gasteiger partial charge in [0.25, 0.3) is 11.5 Å². The molecule has 0 saturated heterocycles. The van der Waals surface area contributed by atoms with Crippen molar-refractivity contribution < 1.29 is 18.0 Å². The number of nitriles is 1. The molecule has 204 valence electrons. The first-order valence-corrected chi connectivity index (χ1v) is 13.1. The van der Waals surface area contributed by atoms with Crippen molar-refractivity contribution in [3.63, 3.8) is 0 Å². The molecule has 38 heavy (non-hydrogen) atoms. The lowest BCUT2D eigenvalue weighted by Crippen LogP contribution is -2.37. The molecular weight excluding hydrogens is 517 g/mol. The summed E-state index contributed by atoms with van der Waals surface area (Å²) >= 11 is 0.873. The van der Waals surface area contributed by atoms with Crippen LogP contribution in [0.1, 0.15) is 26.3 Å². The van der Waals surface area contributed by atoms with Crippen molar-refractivity contribution in [3.8, 4) is 6.07 Å². The van der Waals surface area contributed by atoms with Gasteiger partial charge in [0.1, 0.15) is 21.8 Å². The van der Waals surface area contributed by atoms with Gasteiger partial charge in [-0.15, -0.1) is 11.3 Å². The van der Waals surface area contributed by atoms with Crippen LogP contribution in [-0.4, -0.2) is 52.3 Å². The molecule has 0 unspecified atom stereocenters. The molecule has 2 aromatic heterocycles. The average Bonchev–Trinajstić information content (AvgIpc) is 3.37. The van der Waals surface area contributed by atoms with Crippen molar-refractivity contribution in [1.29, 1.82) is 5.26 Å². The number of aryl methyl sites for hydroxylation is 1. The molecule has 0 atom stereocenters. The predicted octanol–water partition coefficient (Wildman–Crippen LogP) is 2.51. The molecule has 12 heteroatoms. The Bertz CT molecular complexity index is 1520. The minimum Gasteiger partial charge on any atom is -0.360 e. The Labute approximate surface area is 222 Å². The number of hydrogen-bond donors (Lipinski definition) is 2. The summed E-state index contributed by atoms with van der Waals surface area (Å²) < 4.78 is 41.1. The lowest BCUT2D eigenvalue weighted by Gasteiger charge is -2.17. The highest BCUT2D eigenvalue weighted by Gasteiger charge is 2.29. The van der Waals surface area contributed by atoms with Crippen LogP contribution in [0.4, 0.5) is 18.9 Å². The number of aromatic nitrogens is 2. The summed E-state index contributed by atoms with van der Waals surface area (Å²) in [5.74, 6) is -1.18. The number of anilines is 1. The number of amides is 1. The van der Waals surface area contributed by atoms with Crippen molar-refractivity contribution in [2.24, 2.45) is 7.05 Å². The molecule has 0 spiro atoms. The molecule has 2 heterocycles. The summed E-state index contributed by atoms with van der Waals surface area (Å²) in [6.45, 7) is 7.41. The Balaban J connectivity index is 1.96. The van der Waals surface area contributed by atoms with Crippen LogP contribution in [0.15, 0.2) is 29.2 Å². The van der Waals surface area contributed by atoms with E-state index in [2.05, 4.69) is 34.8 Å². The third-order valence-electron chi connectivity index (χ3n) is 6.26. The van der Waals surface area contributed by atoms with Gasteiger partial charge >= 0.3 is 6.18 Å². The molecule has 8 nitrogen and oxygen atoms in total. The van der Waals surface area contributed by atoms with Crippen LogP contribution >= 0.6 is 11.3 Å². The van der Waals surface area contributed by atoms with E-state index < -0.39 is 29.8 Å². The second kappa shape index (κ2) is 12.3. The number of carbonyl (C=O) groups excluding carboxylic acids is 1. The quantitative estimate of drug-likeness (QED) is 0.406. The summed E-state index contributed by atoms with van der Waals surface area (Å²) in [5, 5.41) is 15.4. The first-order chi connectivity index (χ1) is 18.0. The van der Waals surface area contributed by atoms with Gasteiger partial charge in [-0.25, -0.2) is 0 Å². The summed E-state index contributed by atoms with van der Waals surface area (Å²) in [4.78, 5) is 27.6. The van der Waals surface area contributed by atoms with Crippen LogP contribution in [0.3, 0.4) is 0 Å². The van der Waals surface area contributed by atoms with Gasteiger partial charge in [0, 0.05) is 49.1 Å². The number of halogens is 3. The van der Waals surface area contributed by atoms with Gasteiger partial charge in [-0.05, 0) is 50.2 Å². The predicted molar refractivity (Wildman–Crippen MR) is 144 cm³/mol. The van der Waals surface area contributed by atoms with Crippen molar-refractivity contribution in [2.75, 3.05) is 31.5 Å². The molecule has 0 aliphatic carbocycles. The monoisotopic (exact) mass is 548 g/mol. The lowest BCUT2D eigenvalue weighted by atomic mass is 10.1. The summed E-state index contributed by atoms with van der Waals surface area (Å²) in [7, 11) is 2.00. The van der Waals surface area contributed by atoms with E-state index in [0.717, 1.165) is 54.0 Å². The van der Waals surface area contributed by atoms with E-state index in [1.165, 1.54) is 16.3 Å². The maximum atomic E-state index is 12.9. The Kier molecular flexibility index (Phi) is 9.40. The number of carbonyl (C=O) groups is 1. The number of hydrogen-bond acceptors (Lipinski definition) is 6. The molecule has 1 aromatic carbocycles. The number of fused-ring (bicyclic) bond motifs is 1. The van der Waals surface area contributed by atoms with E-state index in [-0.39, 0.29) is 15.7 Å². The molecule has 3 rings (SSSR count). The first-order valence-electron chi connectivity index (χ1n) is 12.3. The average molecular weight is 549 g/mol. The molecule has 0 fully saturated rings. The molecule has 0 aliphatic rings. The van der Waals surface area contributed by atoms with Crippen molar-refractivity contribution in [2.45, 2.75) is 39.9 Å². The second-order valence-electron chi connectivity index (χ2n) is 8.67. The highest BCUT2D eigenvalue weighted by molar-refractivity contribution is 7.07. The summed E-state index contributed by atoms with van der Waals surface area (Å²) in [5.41, 5.74) is 2.05. The zero-order chi connectivity index (χ0) is 28.0. The fourth-order valence-electron chi connectivity index (χ4n) is 4.19. The number of likely N-dealkylation sites (N-methyl/N-ethyl adjacent to an activating group) is 1. The molecule has 2 N–H and O–H groups in total. The minimum absolute atomic E-state index is 0.00456. The maximum absolute atomic E-state index is 12.9. The maximum Gasteiger partial charge on any atom is 0.405 e. The van der Waals surface area contributed by atoms with Crippen LogP contribution < -0.4 is 25.4 Å². The van der Waals surface area contributed by atoms with Crippen molar-refractivity contribution in [3.05, 3.63) is 49.5 Å². The van der Waals surface area contributed by atoms with Crippen LogP contribution in [0.2, 0.25) is 0 Å². The standard InChI is InChI=1S/C26H31F3N6O2S/c1-5-34(6-2)11-10-17-15-33(4)21-9-8-18(12-19(17)21)31-14-22-24(37)35(7-3)25(38-22)20(13-30)23(36)32-16-26(27,28)29/h8-9,12,14-15,31H,5-7,10-11,16H2,1-4H3,(H,32,36)/b22-14-,25-20+. The molecule has 0 bridgehead atoms. The van der Waals surface area contributed by atoms with Gasteiger partial charge in [-0.1, -0.05) is 13.8 Å². The molecular formula is C26H31F3N6O2S. The van der Waals surface area contributed by atoms with Gasteiger partial charge in [0.2, 0.25) is 0 Å². The highest BCUT2D eigenvalue weighted by atomic mass is 32.1. The Morgan fingerprint density at radius 2 is 1.95 bits per heavy atom. The Morgan fingerprint density at radius 1 is 1.24 bits per heavy atom. The highest BCUT2D eigenvalue weighted by Crippen LogP contribution is 2.25. The second-order valence-corrected chi connectivity index (χ2v) is 9.70. The Morgan fingerprint density at radius 3 is 2.55 bits per heavy atom. The molecule has 0 radical (unpaired) electrons. The fraction of sp³-hybridized carbons (Fsp3) is 0.423. The number of thiazole rings is 1. The third-order valence-corrected chi connectivity index (χ3v) is 7.39. The zero-order valence-corrected chi connectivity index (χ0v) is 22.6. The van der Waals surface area contributed by atoms with E-state index in [0.29, 0.717) is 0 Å². The van der Waals surface area contributed by atoms with Crippen LogP contribution in [0.25, 0.3) is 22.7 Å². The van der Waals surface area contributed by atoms with E-state index in [1.54, 1.807) is 18.3 Å². The number of alkyl halides is 3. The smallest absolute Gasteiger partial charge is 0.360 e. The SMILES string of the molecule is CCN(CC)CCc1cn(C)c2ccc(N/C=c3\s/c(=C(\C#N)C(=O)NCC(F)(F)F)n(CC)c3=O)cc12. The van der Waals surface area contributed by atoms with Gasteiger partial charge in [-0.2, -0.15) is 18.4 Å². The van der Waals surface area contributed by atoms with E-state index in [1.807, 2.05) is 25.2 Å². The molecule has 0 saturated carbocycles. The van der Waals surface area contributed by atoms with Crippen LogP contribution in [0, 0.1) is 11.3 Å². The van der Waals surface area contributed by atoms with E-state index in [4.69, 9.17) is 0 Å². The van der Waals surface area contributed by atoms with Crippen molar-refractivity contribution >= 4 is 45.6 Å². The van der Waals surface area contributed by atoms with Crippen molar-refractivity contribution in [1.82, 2.24) is 19.4 Å². The first kappa shape index (κ1) is 29.0. The molecule has 0 aliphatic heterocycles. The number of rotatable bonds is 10. The zero-order valence-electron chi connectivity index (χ0n) is 21.8. The minimum atomic E-state index is -4.62. The van der Waals surface area contributed by atoms with Gasteiger partial charge in [0.05, 0.1) is 0 Å². The van der Waals surface area contributed by atoms with Gasteiger partial charge in [-0.3, -0.25) is 14.2 Å².